The summed E-state index contributed by atoms with van der Waals surface area (Å²) in [5, 5.41) is 4.44. The Morgan fingerprint density at radius 1 is 1.00 bits per heavy atom. The number of hydrogen-bond acceptors (Lipinski definition) is 3. The minimum Gasteiger partial charge on any atom is -0.339 e. The SMILES string of the molecule is CC(=O)N1CCN(C(=O)c2cc(-c3ccccc3)nn2C)CC1. The Kier molecular flexibility index (Phi) is 4.14. The first-order valence-corrected chi connectivity index (χ1v) is 7.70. The molecule has 6 heteroatoms. The molecule has 1 saturated heterocycles. The van der Waals surface area contributed by atoms with Crippen LogP contribution in [-0.2, 0) is 11.8 Å². The first-order chi connectivity index (χ1) is 11.1. The molecule has 0 saturated carbocycles. The van der Waals surface area contributed by atoms with Crippen molar-refractivity contribution in [1.29, 1.82) is 0 Å². The molecule has 0 bridgehead atoms. The van der Waals surface area contributed by atoms with Crippen LogP contribution in [0.25, 0.3) is 11.3 Å². The third-order valence-electron chi connectivity index (χ3n) is 4.18. The molecule has 0 aliphatic carbocycles. The van der Waals surface area contributed by atoms with Crippen LogP contribution in [0.15, 0.2) is 36.4 Å². The van der Waals surface area contributed by atoms with E-state index in [1.54, 1.807) is 28.5 Å². The van der Waals surface area contributed by atoms with Gasteiger partial charge in [-0.05, 0) is 6.07 Å². The van der Waals surface area contributed by atoms with Gasteiger partial charge in [0.25, 0.3) is 5.91 Å². The zero-order valence-electron chi connectivity index (χ0n) is 13.4. The molecule has 1 aromatic heterocycles. The van der Waals surface area contributed by atoms with Crippen molar-refractivity contribution in [2.24, 2.45) is 7.05 Å². The lowest BCUT2D eigenvalue weighted by molar-refractivity contribution is -0.130. The molecule has 0 atom stereocenters. The van der Waals surface area contributed by atoms with Crippen molar-refractivity contribution < 1.29 is 9.59 Å². The van der Waals surface area contributed by atoms with Crippen LogP contribution in [0.1, 0.15) is 17.4 Å². The second-order valence-corrected chi connectivity index (χ2v) is 5.70. The highest BCUT2D eigenvalue weighted by atomic mass is 16.2. The minimum absolute atomic E-state index is 0.0367. The van der Waals surface area contributed by atoms with E-state index in [1.165, 1.54) is 0 Å². The van der Waals surface area contributed by atoms with Gasteiger partial charge in [-0.1, -0.05) is 30.3 Å². The quantitative estimate of drug-likeness (QED) is 0.842. The summed E-state index contributed by atoms with van der Waals surface area (Å²) in [7, 11) is 1.78. The van der Waals surface area contributed by atoms with Crippen molar-refractivity contribution in [2.75, 3.05) is 26.2 Å². The fourth-order valence-corrected chi connectivity index (χ4v) is 2.80. The molecule has 2 amide bonds. The maximum absolute atomic E-state index is 12.7. The van der Waals surface area contributed by atoms with E-state index < -0.39 is 0 Å². The maximum Gasteiger partial charge on any atom is 0.272 e. The number of hydrogen-bond donors (Lipinski definition) is 0. The third kappa shape index (κ3) is 3.11. The number of carbonyl (C=O) groups excluding carboxylic acids is 2. The largest absolute Gasteiger partial charge is 0.339 e. The first-order valence-electron chi connectivity index (χ1n) is 7.70. The Balaban J connectivity index is 1.76. The smallest absolute Gasteiger partial charge is 0.272 e. The van der Waals surface area contributed by atoms with Crippen LogP contribution in [0.5, 0.6) is 0 Å². The molecule has 2 heterocycles. The normalized spacial score (nSPS) is 14.9. The maximum atomic E-state index is 12.7. The molecule has 1 aliphatic rings. The van der Waals surface area contributed by atoms with E-state index in [9.17, 15) is 9.59 Å². The molecule has 0 N–H and O–H groups in total. The number of aromatic nitrogens is 2. The van der Waals surface area contributed by atoms with Crippen molar-refractivity contribution >= 4 is 11.8 Å². The summed E-state index contributed by atoms with van der Waals surface area (Å²) in [4.78, 5) is 27.6. The third-order valence-corrected chi connectivity index (χ3v) is 4.18. The lowest BCUT2D eigenvalue weighted by atomic mass is 10.1. The van der Waals surface area contributed by atoms with Crippen molar-refractivity contribution in [3.8, 4) is 11.3 Å². The Labute approximate surface area is 135 Å². The second-order valence-electron chi connectivity index (χ2n) is 5.70. The summed E-state index contributed by atoms with van der Waals surface area (Å²) in [5.41, 5.74) is 2.35. The summed E-state index contributed by atoms with van der Waals surface area (Å²) in [6, 6.07) is 11.6. The molecule has 2 aromatic rings. The fourth-order valence-electron chi connectivity index (χ4n) is 2.80. The number of carbonyl (C=O) groups is 2. The monoisotopic (exact) mass is 312 g/mol. The van der Waals surface area contributed by atoms with Crippen molar-refractivity contribution in [2.45, 2.75) is 6.92 Å². The number of nitrogens with zero attached hydrogens (tertiary/aromatic N) is 4. The van der Waals surface area contributed by atoms with E-state index in [2.05, 4.69) is 5.10 Å². The number of benzene rings is 1. The average molecular weight is 312 g/mol. The molecule has 3 rings (SSSR count). The van der Waals surface area contributed by atoms with Crippen LogP contribution in [-0.4, -0.2) is 57.6 Å². The van der Waals surface area contributed by atoms with Crippen LogP contribution in [0.2, 0.25) is 0 Å². The highest BCUT2D eigenvalue weighted by Gasteiger charge is 2.25. The van der Waals surface area contributed by atoms with Gasteiger partial charge >= 0.3 is 0 Å². The van der Waals surface area contributed by atoms with Crippen LogP contribution >= 0.6 is 0 Å². The molecular weight excluding hydrogens is 292 g/mol. The number of rotatable bonds is 2. The predicted octanol–water partition coefficient (Wildman–Crippen LogP) is 1.39. The van der Waals surface area contributed by atoms with Gasteiger partial charge < -0.3 is 9.80 Å². The number of piperazine rings is 1. The Hall–Kier alpha value is -2.63. The van der Waals surface area contributed by atoms with Crippen molar-refractivity contribution in [1.82, 2.24) is 19.6 Å². The van der Waals surface area contributed by atoms with Gasteiger partial charge in [0.2, 0.25) is 5.91 Å². The molecule has 1 aliphatic heterocycles. The van der Waals surface area contributed by atoms with Gasteiger partial charge in [-0.25, -0.2) is 0 Å². The van der Waals surface area contributed by atoms with Gasteiger partial charge in [-0.3, -0.25) is 14.3 Å². The Bertz CT molecular complexity index is 715. The molecular formula is C17H20N4O2. The Morgan fingerprint density at radius 3 is 2.22 bits per heavy atom. The zero-order chi connectivity index (χ0) is 16.4. The van der Waals surface area contributed by atoms with Crippen molar-refractivity contribution in [3.05, 3.63) is 42.1 Å². The zero-order valence-corrected chi connectivity index (χ0v) is 13.4. The Morgan fingerprint density at radius 2 is 1.61 bits per heavy atom. The molecule has 0 unspecified atom stereocenters. The lowest BCUT2D eigenvalue weighted by Gasteiger charge is -2.34. The van der Waals surface area contributed by atoms with Gasteiger partial charge in [-0.15, -0.1) is 0 Å². The predicted molar refractivity (Wildman–Crippen MR) is 86.8 cm³/mol. The minimum atomic E-state index is -0.0367. The van der Waals surface area contributed by atoms with Crippen LogP contribution in [0.3, 0.4) is 0 Å². The summed E-state index contributed by atoms with van der Waals surface area (Å²) < 4.78 is 1.63. The molecule has 1 aromatic carbocycles. The molecule has 0 spiro atoms. The van der Waals surface area contributed by atoms with E-state index in [4.69, 9.17) is 0 Å². The van der Waals surface area contributed by atoms with E-state index in [0.29, 0.717) is 31.9 Å². The standard InChI is InChI=1S/C17H20N4O2/c1-13(22)20-8-10-21(11-9-20)17(23)16-12-15(18-19(16)2)14-6-4-3-5-7-14/h3-7,12H,8-11H2,1-2H3. The van der Waals surface area contributed by atoms with E-state index in [1.807, 2.05) is 36.4 Å². The van der Waals surface area contributed by atoms with Gasteiger partial charge in [0.1, 0.15) is 5.69 Å². The van der Waals surface area contributed by atoms with E-state index in [0.717, 1.165) is 11.3 Å². The molecule has 0 radical (unpaired) electrons. The number of aryl methyl sites for hydroxylation is 1. The molecule has 23 heavy (non-hydrogen) atoms. The van der Waals surface area contributed by atoms with Crippen LogP contribution < -0.4 is 0 Å². The average Bonchev–Trinajstić information content (AvgIpc) is 2.97. The lowest BCUT2D eigenvalue weighted by Crippen LogP contribution is -2.50. The van der Waals surface area contributed by atoms with E-state index >= 15 is 0 Å². The van der Waals surface area contributed by atoms with Gasteiger partial charge in [0, 0.05) is 45.7 Å². The van der Waals surface area contributed by atoms with Crippen molar-refractivity contribution in [3.63, 3.8) is 0 Å². The summed E-state index contributed by atoms with van der Waals surface area (Å²) in [5.74, 6) is 0.0226. The number of amides is 2. The summed E-state index contributed by atoms with van der Waals surface area (Å²) in [6.07, 6.45) is 0. The molecule has 120 valence electrons. The summed E-state index contributed by atoms with van der Waals surface area (Å²) >= 11 is 0. The van der Waals surface area contributed by atoms with Crippen LogP contribution in [0.4, 0.5) is 0 Å². The van der Waals surface area contributed by atoms with E-state index in [-0.39, 0.29) is 11.8 Å². The highest BCUT2D eigenvalue weighted by Crippen LogP contribution is 2.19. The summed E-state index contributed by atoms with van der Waals surface area (Å²) in [6.45, 7) is 3.86. The first kappa shape index (κ1) is 15.3. The highest BCUT2D eigenvalue weighted by molar-refractivity contribution is 5.94. The topological polar surface area (TPSA) is 58.4 Å². The van der Waals surface area contributed by atoms with Gasteiger partial charge in [-0.2, -0.15) is 5.10 Å². The fraction of sp³-hybridized carbons (Fsp3) is 0.353. The molecule has 6 nitrogen and oxygen atoms in total. The van der Waals surface area contributed by atoms with Gasteiger partial charge in [0.15, 0.2) is 0 Å². The van der Waals surface area contributed by atoms with Crippen LogP contribution in [0, 0.1) is 0 Å². The second kappa shape index (κ2) is 6.24. The molecule has 1 fully saturated rings. The van der Waals surface area contributed by atoms with Gasteiger partial charge in [0.05, 0.1) is 5.69 Å².